The van der Waals surface area contributed by atoms with Gasteiger partial charge in [0.1, 0.15) is 6.61 Å². The number of carbonyl (C=O) groups is 1. The molecule has 5 heteroatoms. The number of nitrogen functional groups attached to an aromatic ring is 1. The summed E-state index contributed by atoms with van der Waals surface area (Å²) in [6.07, 6.45) is 0.999. The first-order chi connectivity index (χ1) is 9.24. The second kappa shape index (κ2) is 9.35. The minimum Gasteiger partial charge on any atom is -0.460 e. The molecule has 0 aromatic heterocycles. The van der Waals surface area contributed by atoms with Crippen LogP contribution in [0, 0.1) is 0 Å². The standard InChI is InChI=1S/C14H21NO4/c1-2-7-17-8-9-18-10-11-19-14(16)12-3-5-13(15)6-4-12/h3-6H,2,7-11,15H2,1H3. The Bertz CT molecular complexity index is 364. The van der Waals surface area contributed by atoms with Crippen molar-refractivity contribution in [2.45, 2.75) is 13.3 Å². The number of hydrogen-bond donors (Lipinski definition) is 1. The summed E-state index contributed by atoms with van der Waals surface area (Å²) in [4.78, 5) is 11.6. The molecule has 0 atom stereocenters. The highest BCUT2D eigenvalue weighted by molar-refractivity contribution is 5.89. The van der Waals surface area contributed by atoms with Crippen LogP contribution >= 0.6 is 0 Å². The van der Waals surface area contributed by atoms with Crippen molar-refractivity contribution >= 4 is 11.7 Å². The van der Waals surface area contributed by atoms with Crippen LogP contribution in [0.3, 0.4) is 0 Å². The van der Waals surface area contributed by atoms with Gasteiger partial charge in [-0.1, -0.05) is 6.92 Å². The zero-order valence-electron chi connectivity index (χ0n) is 11.3. The molecule has 0 amide bonds. The third-order valence-electron chi connectivity index (χ3n) is 2.33. The second-order valence-corrected chi connectivity index (χ2v) is 3.98. The lowest BCUT2D eigenvalue weighted by Gasteiger charge is -2.06. The first-order valence-corrected chi connectivity index (χ1v) is 6.42. The molecule has 106 valence electrons. The van der Waals surface area contributed by atoms with Gasteiger partial charge in [-0.2, -0.15) is 0 Å². The Hall–Kier alpha value is -1.59. The summed E-state index contributed by atoms with van der Waals surface area (Å²) < 4.78 is 15.6. The molecule has 0 unspecified atom stereocenters. The van der Waals surface area contributed by atoms with Crippen LogP contribution in [-0.2, 0) is 14.2 Å². The molecule has 0 bridgehead atoms. The summed E-state index contributed by atoms with van der Waals surface area (Å²) in [5.41, 5.74) is 6.64. The number of hydrogen-bond acceptors (Lipinski definition) is 5. The van der Waals surface area contributed by atoms with Gasteiger partial charge in [-0.15, -0.1) is 0 Å². The van der Waals surface area contributed by atoms with Gasteiger partial charge < -0.3 is 19.9 Å². The first-order valence-electron chi connectivity index (χ1n) is 6.42. The molecule has 0 saturated heterocycles. The summed E-state index contributed by atoms with van der Waals surface area (Å²) in [5.74, 6) is -0.370. The van der Waals surface area contributed by atoms with E-state index in [0.29, 0.717) is 31.1 Å². The summed E-state index contributed by atoms with van der Waals surface area (Å²) in [5, 5.41) is 0. The summed E-state index contributed by atoms with van der Waals surface area (Å²) in [6.45, 7) is 4.49. The molecule has 5 nitrogen and oxygen atoms in total. The largest absolute Gasteiger partial charge is 0.460 e. The quantitative estimate of drug-likeness (QED) is 0.420. The van der Waals surface area contributed by atoms with Gasteiger partial charge >= 0.3 is 5.97 Å². The molecule has 0 aliphatic carbocycles. The molecule has 0 heterocycles. The molecule has 0 aliphatic heterocycles. The molecule has 0 fully saturated rings. The van der Waals surface area contributed by atoms with Crippen molar-refractivity contribution in [1.29, 1.82) is 0 Å². The van der Waals surface area contributed by atoms with Crippen LogP contribution in [0.2, 0.25) is 0 Å². The maximum absolute atomic E-state index is 11.6. The topological polar surface area (TPSA) is 70.8 Å². The Morgan fingerprint density at radius 2 is 1.58 bits per heavy atom. The van der Waals surface area contributed by atoms with E-state index in [2.05, 4.69) is 6.92 Å². The van der Waals surface area contributed by atoms with E-state index < -0.39 is 0 Å². The Kier molecular flexibility index (Phi) is 7.62. The van der Waals surface area contributed by atoms with E-state index in [1.54, 1.807) is 24.3 Å². The number of esters is 1. The Labute approximate surface area is 113 Å². The van der Waals surface area contributed by atoms with Crippen LogP contribution < -0.4 is 5.73 Å². The van der Waals surface area contributed by atoms with Crippen LogP contribution in [-0.4, -0.2) is 39.0 Å². The van der Waals surface area contributed by atoms with E-state index in [-0.39, 0.29) is 12.6 Å². The SMILES string of the molecule is CCCOCCOCCOC(=O)c1ccc(N)cc1. The van der Waals surface area contributed by atoms with E-state index in [1.165, 1.54) is 0 Å². The molecule has 1 rings (SSSR count). The Balaban J connectivity index is 2.06. The highest BCUT2D eigenvalue weighted by atomic mass is 16.6. The van der Waals surface area contributed by atoms with Crippen molar-refractivity contribution in [2.75, 3.05) is 38.8 Å². The second-order valence-electron chi connectivity index (χ2n) is 3.98. The smallest absolute Gasteiger partial charge is 0.338 e. The number of ether oxygens (including phenoxy) is 3. The Morgan fingerprint density at radius 1 is 1.00 bits per heavy atom. The highest BCUT2D eigenvalue weighted by Gasteiger charge is 2.05. The van der Waals surface area contributed by atoms with E-state index in [1.807, 2.05) is 0 Å². The van der Waals surface area contributed by atoms with Crippen molar-refractivity contribution in [2.24, 2.45) is 0 Å². The van der Waals surface area contributed by atoms with Gasteiger partial charge in [0.25, 0.3) is 0 Å². The molecule has 1 aromatic carbocycles. The molecule has 1 aromatic rings. The summed E-state index contributed by atoms with van der Waals surface area (Å²) in [6, 6.07) is 6.60. The molecule has 0 saturated carbocycles. The lowest BCUT2D eigenvalue weighted by molar-refractivity contribution is 0.0147. The highest BCUT2D eigenvalue weighted by Crippen LogP contribution is 2.06. The fourth-order valence-corrected chi connectivity index (χ4v) is 1.36. The minimum absolute atomic E-state index is 0.233. The maximum Gasteiger partial charge on any atom is 0.338 e. The average Bonchev–Trinajstić information content (AvgIpc) is 2.42. The van der Waals surface area contributed by atoms with Gasteiger partial charge in [-0.05, 0) is 30.7 Å². The number of nitrogens with two attached hydrogens (primary N) is 1. The number of carbonyl (C=O) groups excluding carboxylic acids is 1. The van der Waals surface area contributed by atoms with E-state index in [4.69, 9.17) is 19.9 Å². The number of anilines is 1. The summed E-state index contributed by atoms with van der Waals surface area (Å²) in [7, 11) is 0. The fraction of sp³-hybridized carbons (Fsp3) is 0.500. The van der Waals surface area contributed by atoms with Gasteiger partial charge in [-0.25, -0.2) is 4.79 Å². The zero-order chi connectivity index (χ0) is 13.9. The van der Waals surface area contributed by atoms with Gasteiger partial charge in [0.15, 0.2) is 0 Å². The lowest BCUT2D eigenvalue weighted by atomic mass is 10.2. The molecule has 2 N–H and O–H groups in total. The van der Waals surface area contributed by atoms with Crippen molar-refractivity contribution in [3.63, 3.8) is 0 Å². The van der Waals surface area contributed by atoms with E-state index in [0.717, 1.165) is 13.0 Å². The third-order valence-corrected chi connectivity index (χ3v) is 2.33. The monoisotopic (exact) mass is 267 g/mol. The predicted octanol–water partition coefficient (Wildman–Crippen LogP) is 1.87. The average molecular weight is 267 g/mol. The van der Waals surface area contributed by atoms with Crippen molar-refractivity contribution in [3.8, 4) is 0 Å². The normalized spacial score (nSPS) is 10.4. The molecule has 19 heavy (non-hydrogen) atoms. The van der Waals surface area contributed by atoms with Gasteiger partial charge in [0.05, 0.1) is 25.4 Å². The van der Waals surface area contributed by atoms with E-state index in [9.17, 15) is 4.79 Å². The maximum atomic E-state index is 11.6. The van der Waals surface area contributed by atoms with Gasteiger partial charge in [0.2, 0.25) is 0 Å². The van der Waals surface area contributed by atoms with Crippen LogP contribution in [0.25, 0.3) is 0 Å². The van der Waals surface area contributed by atoms with Crippen LogP contribution in [0.5, 0.6) is 0 Å². The summed E-state index contributed by atoms with van der Waals surface area (Å²) >= 11 is 0. The van der Waals surface area contributed by atoms with Crippen molar-refractivity contribution in [3.05, 3.63) is 29.8 Å². The molecular weight excluding hydrogens is 246 g/mol. The van der Waals surface area contributed by atoms with Crippen LogP contribution in [0.1, 0.15) is 23.7 Å². The minimum atomic E-state index is -0.370. The fourth-order valence-electron chi connectivity index (χ4n) is 1.36. The lowest BCUT2D eigenvalue weighted by Crippen LogP contribution is -2.13. The molecule has 0 spiro atoms. The third kappa shape index (κ3) is 6.79. The molecule has 0 radical (unpaired) electrons. The van der Waals surface area contributed by atoms with Gasteiger partial charge in [0, 0.05) is 12.3 Å². The Morgan fingerprint density at radius 3 is 2.21 bits per heavy atom. The van der Waals surface area contributed by atoms with Crippen molar-refractivity contribution in [1.82, 2.24) is 0 Å². The van der Waals surface area contributed by atoms with Crippen LogP contribution in [0.15, 0.2) is 24.3 Å². The molecule has 0 aliphatic rings. The predicted molar refractivity (Wildman–Crippen MR) is 73.1 cm³/mol. The first kappa shape index (κ1) is 15.5. The van der Waals surface area contributed by atoms with Gasteiger partial charge in [-0.3, -0.25) is 0 Å². The zero-order valence-corrected chi connectivity index (χ0v) is 11.3. The number of benzene rings is 1. The number of rotatable bonds is 9. The molecular formula is C14H21NO4. The van der Waals surface area contributed by atoms with E-state index >= 15 is 0 Å². The van der Waals surface area contributed by atoms with Crippen molar-refractivity contribution < 1.29 is 19.0 Å². The van der Waals surface area contributed by atoms with Crippen LogP contribution in [0.4, 0.5) is 5.69 Å².